The van der Waals surface area contributed by atoms with E-state index >= 15 is 8.78 Å². The van der Waals surface area contributed by atoms with Crippen LogP contribution in [0, 0.1) is 18.6 Å². The second-order valence-corrected chi connectivity index (χ2v) is 15.9. The fourth-order valence-electron chi connectivity index (χ4n) is 7.58. The van der Waals surface area contributed by atoms with E-state index in [0.29, 0.717) is 18.9 Å². The van der Waals surface area contributed by atoms with E-state index < -0.39 is 88.7 Å². The first kappa shape index (κ1) is 38.1. The first-order chi connectivity index (χ1) is 24.4. The molecule has 3 aliphatic rings. The van der Waals surface area contributed by atoms with E-state index in [9.17, 15) is 27.9 Å². The minimum Gasteiger partial charge on any atom is -0.472 e. The number of aromatic nitrogens is 2. The van der Waals surface area contributed by atoms with Crippen molar-refractivity contribution in [3.63, 3.8) is 0 Å². The monoisotopic (exact) mass is 751 g/mol. The van der Waals surface area contributed by atoms with Gasteiger partial charge in [-0.25, -0.2) is 28.3 Å². The molecule has 5 heterocycles. The molecule has 0 unspecified atom stereocenters. The van der Waals surface area contributed by atoms with Gasteiger partial charge in [-0.1, -0.05) is 0 Å². The van der Waals surface area contributed by atoms with Crippen LogP contribution in [0.2, 0.25) is 0 Å². The van der Waals surface area contributed by atoms with Gasteiger partial charge >= 0.3 is 18.5 Å². The number of anilines is 2. The number of carbonyl (C=O) groups excluding carboxylic acids is 2. The molecule has 0 radical (unpaired) electrons. The molecular formula is C36H42F5N5O7. The first-order valence-corrected chi connectivity index (χ1v) is 17.1. The number of halogens is 5. The number of fused-ring (bicyclic) bond motifs is 5. The maximum Gasteiger partial charge on any atom is 0.573 e. The molecule has 0 spiro atoms. The molecule has 2 N–H and O–H groups in total. The molecule has 2 bridgehead atoms. The lowest BCUT2D eigenvalue weighted by atomic mass is 9.93. The average molecular weight is 752 g/mol. The van der Waals surface area contributed by atoms with Gasteiger partial charge in [0.05, 0.1) is 40.9 Å². The quantitative estimate of drug-likeness (QED) is 0.255. The maximum absolute atomic E-state index is 17.1. The highest BCUT2D eigenvalue weighted by Crippen LogP contribution is 2.51. The number of ether oxygens (including phenoxy) is 4. The smallest absolute Gasteiger partial charge is 0.472 e. The average Bonchev–Trinajstić information content (AvgIpc) is 3.18. The van der Waals surface area contributed by atoms with Crippen LogP contribution >= 0.6 is 0 Å². The van der Waals surface area contributed by atoms with Crippen LogP contribution in [-0.4, -0.2) is 80.0 Å². The Kier molecular flexibility index (Phi) is 9.14. The summed E-state index contributed by atoms with van der Waals surface area (Å²) >= 11 is 0. The van der Waals surface area contributed by atoms with Crippen molar-refractivity contribution < 1.29 is 55.6 Å². The minimum absolute atomic E-state index is 0.0631. The van der Waals surface area contributed by atoms with E-state index in [-0.39, 0.29) is 46.0 Å². The summed E-state index contributed by atoms with van der Waals surface area (Å²) in [6, 6.07) is 0.392. The Bertz CT molecular complexity index is 2000. The summed E-state index contributed by atoms with van der Waals surface area (Å²) in [5.41, 5.74) is -4.28. The molecule has 1 aromatic carbocycles. The number of amides is 2. The Morgan fingerprint density at radius 2 is 1.72 bits per heavy atom. The Hall–Kier alpha value is -4.67. The normalized spacial score (nSPS) is 22.6. The molecule has 2 saturated heterocycles. The molecule has 2 amide bonds. The van der Waals surface area contributed by atoms with Gasteiger partial charge in [0.15, 0.2) is 17.4 Å². The Morgan fingerprint density at radius 3 is 2.32 bits per heavy atom. The number of hydrogen-bond donors (Lipinski definition) is 2. The molecule has 3 aliphatic heterocycles. The van der Waals surface area contributed by atoms with Crippen LogP contribution < -0.4 is 19.7 Å². The van der Waals surface area contributed by atoms with Crippen molar-refractivity contribution in [1.82, 2.24) is 14.9 Å². The second kappa shape index (κ2) is 12.7. The molecule has 3 aromatic rings. The number of aliphatic hydroxyl groups excluding tert-OH is 1. The highest BCUT2D eigenvalue weighted by atomic mass is 19.4. The van der Waals surface area contributed by atoms with Gasteiger partial charge in [0.25, 0.3) is 0 Å². The van der Waals surface area contributed by atoms with Crippen molar-refractivity contribution in [3.8, 4) is 22.9 Å². The lowest BCUT2D eigenvalue weighted by Gasteiger charge is -2.52. The Morgan fingerprint density at radius 1 is 1.06 bits per heavy atom. The SMILES string of the molecule is Cc1c(CO)nc2c3c(nc(-c4cc(NC(=O)OC(C)(C)C)cc(F)c4OC(F)(F)F)c(F)c13)O[C@@H](C)[C@@H]1[C@@H]3CC[C@](C)(CN21)N3C(=O)OC(C)(C)C. The summed E-state index contributed by atoms with van der Waals surface area (Å²) in [5.74, 6) is -4.22. The van der Waals surface area contributed by atoms with Gasteiger partial charge in [0.2, 0.25) is 5.88 Å². The number of benzene rings is 1. The number of aliphatic hydroxyl groups is 1. The van der Waals surface area contributed by atoms with Gasteiger partial charge in [-0.3, -0.25) is 10.2 Å². The van der Waals surface area contributed by atoms with Crippen molar-refractivity contribution in [2.24, 2.45) is 0 Å². The molecule has 0 saturated carbocycles. The number of rotatable bonds is 4. The fourth-order valence-corrected chi connectivity index (χ4v) is 7.58. The van der Waals surface area contributed by atoms with Gasteiger partial charge in [0.1, 0.15) is 28.8 Å². The number of carbonyl (C=O) groups is 2. The van der Waals surface area contributed by atoms with E-state index in [1.165, 1.54) is 6.92 Å². The number of hydrogen-bond acceptors (Lipinski definition) is 10. The molecule has 2 aromatic heterocycles. The number of piperazine rings is 1. The molecule has 6 rings (SSSR count). The minimum atomic E-state index is -5.41. The highest BCUT2D eigenvalue weighted by molar-refractivity contribution is 6.02. The Labute approximate surface area is 302 Å². The molecular weight excluding hydrogens is 709 g/mol. The molecule has 17 heteroatoms. The lowest BCUT2D eigenvalue weighted by Crippen LogP contribution is -2.69. The molecule has 12 nitrogen and oxygen atoms in total. The van der Waals surface area contributed by atoms with Gasteiger partial charge in [-0.05, 0) is 86.8 Å². The third-order valence-electron chi connectivity index (χ3n) is 9.49. The van der Waals surface area contributed by atoms with Crippen LogP contribution in [0.5, 0.6) is 11.6 Å². The van der Waals surface area contributed by atoms with E-state index in [2.05, 4.69) is 15.0 Å². The summed E-state index contributed by atoms with van der Waals surface area (Å²) in [7, 11) is 0. The molecule has 0 aliphatic carbocycles. The van der Waals surface area contributed by atoms with Gasteiger partial charge in [0, 0.05) is 23.7 Å². The van der Waals surface area contributed by atoms with Crippen LogP contribution in [0.25, 0.3) is 22.0 Å². The number of nitrogens with zero attached hydrogens (tertiary/aromatic N) is 4. The van der Waals surface area contributed by atoms with Crippen LogP contribution in [0.15, 0.2) is 12.1 Å². The van der Waals surface area contributed by atoms with Crippen LogP contribution in [-0.2, 0) is 16.1 Å². The van der Waals surface area contributed by atoms with Gasteiger partial charge < -0.3 is 29.0 Å². The van der Waals surface area contributed by atoms with E-state index in [0.717, 1.165) is 6.07 Å². The van der Waals surface area contributed by atoms with Gasteiger partial charge in [-0.15, -0.1) is 13.2 Å². The molecule has 4 atom stereocenters. The van der Waals surface area contributed by atoms with Crippen molar-refractivity contribution in [2.75, 3.05) is 16.8 Å². The van der Waals surface area contributed by atoms with E-state index in [1.807, 2.05) is 11.8 Å². The topological polar surface area (TPSA) is 136 Å². The van der Waals surface area contributed by atoms with Crippen LogP contribution in [0.1, 0.15) is 79.5 Å². The standard InChI is InChI=1S/C36H42F5N5O7/c1-16-21(14-47)43-29-24-23(16)25(38)26(19-12-18(42-31(48)52-33(3,4)5)13-20(37)28(19)51-36(39,40)41)44-30(24)50-17(2)27-22-10-11-35(9,15-45(27)29)46(22)32(49)53-34(6,7)8/h12-13,17,22,27,47H,10-11,14-15H2,1-9H3,(H,42,48)/t17-,22-,27+,35+/m0/s1. The second-order valence-electron chi connectivity index (χ2n) is 15.9. The highest BCUT2D eigenvalue weighted by Gasteiger charge is 2.59. The van der Waals surface area contributed by atoms with Gasteiger partial charge in [-0.2, -0.15) is 0 Å². The van der Waals surface area contributed by atoms with Crippen molar-refractivity contribution in [2.45, 2.75) is 123 Å². The number of pyridine rings is 2. The van der Waals surface area contributed by atoms with Crippen molar-refractivity contribution in [3.05, 3.63) is 35.0 Å². The van der Waals surface area contributed by atoms with Crippen molar-refractivity contribution in [1.29, 1.82) is 0 Å². The predicted molar refractivity (Wildman–Crippen MR) is 183 cm³/mol. The zero-order valence-electron chi connectivity index (χ0n) is 30.8. The first-order valence-electron chi connectivity index (χ1n) is 17.1. The largest absolute Gasteiger partial charge is 0.573 e. The molecule has 288 valence electrons. The number of nitrogens with one attached hydrogen (secondary N) is 1. The van der Waals surface area contributed by atoms with E-state index in [4.69, 9.17) is 19.2 Å². The number of aryl methyl sites for hydroxylation is 1. The predicted octanol–water partition coefficient (Wildman–Crippen LogP) is 7.75. The third kappa shape index (κ3) is 7.06. The lowest BCUT2D eigenvalue weighted by molar-refractivity contribution is -0.275. The third-order valence-corrected chi connectivity index (χ3v) is 9.49. The summed E-state index contributed by atoms with van der Waals surface area (Å²) in [6.07, 6.45) is -6.59. The summed E-state index contributed by atoms with van der Waals surface area (Å²) in [6.45, 7) is 14.7. The number of alkyl halides is 3. The summed E-state index contributed by atoms with van der Waals surface area (Å²) < 4.78 is 95.3. The molecule has 2 fully saturated rings. The Balaban J connectivity index is 1.57. The van der Waals surface area contributed by atoms with Crippen LogP contribution in [0.4, 0.5) is 43.0 Å². The maximum atomic E-state index is 17.1. The van der Waals surface area contributed by atoms with E-state index in [1.54, 1.807) is 53.4 Å². The summed E-state index contributed by atoms with van der Waals surface area (Å²) in [5, 5.41) is 12.6. The zero-order chi connectivity index (χ0) is 39.2. The van der Waals surface area contributed by atoms with Crippen LogP contribution in [0.3, 0.4) is 0 Å². The fraction of sp³-hybridized carbons (Fsp3) is 0.556. The summed E-state index contributed by atoms with van der Waals surface area (Å²) in [4.78, 5) is 38.9. The van der Waals surface area contributed by atoms with Crippen molar-refractivity contribution >= 4 is 34.5 Å². The zero-order valence-corrected chi connectivity index (χ0v) is 30.8. The molecule has 53 heavy (non-hydrogen) atoms.